The van der Waals surface area contributed by atoms with E-state index >= 15 is 0 Å². The number of hydrogen-bond donors (Lipinski definition) is 2. The molecule has 1 aromatic heterocycles. The highest BCUT2D eigenvalue weighted by molar-refractivity contribution is 6.36. The van der Waals surface area contributed by atoms with Crippen molar-refractivity contribution in [3.05, 3.63) is 35.0 Å². The van der Waals surface area contributed by atoms with Gasteiger partial charge in [0.25, 0.3) is 0 Å². The highest BCUT2D eigenvalue weighted by atomic mass is 35.5. The summed E-state index contributed by atoms with van der Waals surface area (Å²) >= 11 is 6.41. The van der Waals surface area contributed by atoms with Crippen LogP contribution >= 0.6 is 11.6 Å². The second-order valence-electron chi connectivity index (χ2n) is 5.36. The van der Waals surface area contributed by atoms with Crippen LogP contribution in [0.3, 0.4) is 0 Å². The highest BCUT2D eigenvalue weighted by Crippen LogP contribution is 2.29. The molecule has 1 aliphatic carbocycles. The number of benzene rings is 1. The Balaban J connectivity index is 1.76. The Morgan fingerprint density at radius 2 is 2.17 bits per heavy atom. The largest absolute Gasteiger partial charge is 0.356 e. The van der Waals surface area contributed by atoms with Gasteiger partial charge in [0.1, 0.15) is 0 Å². The van der Waals surface area contributed by atoms with Gasteiger partial charge in [0.2, 0.25) is 0 Å². The molecular formula is C15H19ClN2. The van der Waals surface area contributed by atoms with Crippen molar-refractivity contribution in [3.8, 4) is 0 Å². The van der Waals surface area contributed by atoms with Gasteiger partial charge < -0.3 is 10.3 Å². The summed E-state index contributed by atoms with van der Waals surface area (Å²) in [4.78, 5) is 3.41. The van der Waals surface area contributed by atoms with Crippen LogP contribution in [-0.4, -0.2) is 11.0 Å². The van der Waals surface area contributed by atoms with E-state index in [0.717, 1.165) is 34.1 Å². The molecule has 1 fully saturated rings. The molecule has 3 heteroatoms. The van der Waals surface area contributed by atoms with E-state index in [9.17, 15) is 0 Å². The average Bonchev–Trinajstić information content (AvgIpc) is 2.92. The number of H-pyrrole nitrogens is 1. The Labute approximate surface area is 113 Å². The molecule has 2 atom stereocenters. The van der Waals surface area contributed by atoms with E-state index in [1.165, 1.54) is 19.3 Å². The zero-order valence-corrected chi connectivity index (χ0v) is 11.4. The Morgan fingerprint density at radius 3 is 2.89 bits per heavy atom. The van der Waals surface area contributed by atoms with Crippen LogP contribution in [0.2, 0.25) is 5.02 Å². The molecule has 3 rings (SSSR count). The van der Waals surface area contributed by atoms with Crippen molar-refractivity contribution in [2.24, 2.45) is 5.92 Å². The zero-order chi connectivity index (χ0) is 12.5. The maximum absolute atomic E-state index is 6.41. The number of fused-ring (bicyclic) bond motifs is 1. The second kappa shape index (κ2) is 4.94. The maximum atomic E-state index is 6.41. The van der Waals surface area contributed by atoms with Gasteiger partial charge >= 0.3 is 0 Å². The van der Waals surface area contributed by atoms with Crippen molar-refractivity contribution < 1.29 is 0 Å². The van der Waals surface area contributed by atoms with Crippen molar-refractivity contribution in [2.45, 2.75) is 38.8 Å². The zero-order valence-electron chi connectivity index (χ0n) is 10.7. The second-order valence-corrected chi connectivity index (χ2v) is 5.74. The van der Waals surface area contributed by atoms with E-state index in [0.29, 0.717) is 6.04 Å². The lowest BCUT2D eigenvalue weighted by atomic mass is 10.1. The van der Waals surface area contributed by atoms with Gasteiger partial charge in [0.05, 0.1) is 5.02 Å². The molecule has 0 aliphatic heterocycles. The minimum Gasteiger partial charge on any atom is -0.356 e. The van der Waals surface area contributed by atoms with Crippen LogP contribution in [0.4, 0.5) is 0 Å². The lowest BCUT2D eigenvalue weighted by molar-refractivity contribution is 0.424. The van der Waals surface area contributed by atoms with E-state index in [1.54, 1.807) is 0 Å². The molecule has 1 saturated carbocycles. The number of nitrogens with one attached hydrogen (secondary N) is 2. The third kappa shape index (κ3) is 2.15. The summed E-state index contributed by atoms with van der Waals surface area (Å²) < 4.78 is 0. The lowest BCUT2D eigenvalue weighted by Gasteiger charge is -2.16. The van der Waals surface area contributed by atoms with Crippen molar-refractivity contribution in [1.82, 2.24) is 10.3 Å². The maximum Gasteiger partial charge on any atom is 0.0705 e. The van der Waals surface area contributed by atoms with Crippen LogP contribution in [0.5, 0.6) is 0 Å². The van der Waals surface area contributed by atoms with Crippen LogP contribution in [0.1, 0.15) is 31.9 Å². The van der Waals surface area contributed by atoms with Crippen molar-refractivity contribution >= 4 is 22.5 Å². The molecule has 0 spiro atoms. The Hall–Kier alpha value is -0.990. The van der Waals surface area contributed by atoms with Gasteiger partial charge in [-0.1, -0.05) is 43.1 Å². The van der Waals surface area contributed by atoms with E-state index < -0.39 is 0 Å². The number of aromatic nitrogens is 1. The summed E-state index contributed by atoms with van der Waals surface area (Å²) in [6.07, 6.45) is 3.98. The monoisotopic (exact) mass is 262 g/mol. The summed E-state index contributed by atoms with van der Waals surface area (Å²) in [6.45, 7) is 3.17. The first-order chi connectivity index (χ1) is 8.75. The molecule has 96 valence electrons. The van der Waals surface area contributed by atoms with Gasteiger partial charge in [-0.05, 0) is 24.8 Å². The summed E-state index contributed by atoms with van der Waals surface area (Å²) in [7, 11) is 0. The summed E-state index contributed by atoms with van der Waals surface area (Å²) in [5, 5.41) is 5.62. The van der Waals surface area contributed by atoms with E-state index in [2.05, 4.69) is 29.4 Å². The normalized spacial score (nSPS) is 23.9. The molecule has 2 aromatic rings. The molecule has 1 aromatic carbocycles. The number of rotatable bonds is 3. The number of halogens is 1. The fourth-order valence-corrected chi connectivity index (χ4v) is 3.25. The van der Waals surface area contributed by atoms with E-state index in [1.807, 2.05) is 12.1 Å². The quantitative estimate of drug-likeness (QED) is 0.856. The van der Waals surface area contributed by atoms with Gasteiger partial charge in [0.15, 0.2) is 0 Å². The van der Waals surface area contributed by atoms with Gasteiger partial charge in [-0.15, -0.1) is 0 Å². The van der Waals surface area contributed by atoms with Crippen molar-refractivity contribution in [3.63, 3.8) is 0 Å². The summed E-state index contributed by atoms with van der Waals surface area (Å²) in [5.41, 5.74) is 2.23. The Kier molecular flexibility index (Phi) is 3.31. The van der Waals surface area contributed by atoms with Gasteiger partial charge in [-0.25, -0.2) is 0 Å². The molecule has 0 radical (unpaired) electrons. The SMILES string of the molecule is CC1CCCC1NCc1[nH]c2ccccc2c1Cl. The molecule has 0 bridgehead atoms. The molecule has 1 aliphatic rings. The van der Waals surface area contributed by atoms with Crippen LogP contribution in [0.25, 0.3) is 10.9 Å². The minimum atomic E-state index is 0.646. The first-order valence-electron chi connectivity index (χ1n) is 6.74. The van der Waals surface area contributed by atoms with Crippen LogP contribution in [0, 0.1) is 5.92 Å². The summed E-state index contributed by atoms with van der Waals surface area (Å²) in [6, 6.07) is 8.84. The van der Waals surface area contributed by atoms with E-state index in [-0.39, 0.29) is 0 Å². The van der Waals surface area contributed by atoms with Crippen molar-refractivity contribution in [2.75, 3.05) is 0 Å². The molecular weight excluding hydrogens is 244 g/mol. The number of hydrogen-bond acceptors (Lipinski definition) is 1. The minimum absolute atomic E-state index is 0.646. The number of para-hydroxylation sites is 1. The van der Waals surface area contributed by atoms with E-state index in [4.69, 9.17) is 11.6 Å². The molecule has 0 amide bonds. The first-order valence-corrected chi connectivity index (χ1v) is 7.12. The molecule has 18 heavy (non-hydrogen) atoms. The average molecular weight is 263 g/mol. The third-order valence-electron chi connectivity index (χ3n) is 4.12. The molecule has 2 unspecified atom stereocenters. The number of aromatic amines is 1. The topological polar surface area (TPSA) is 27.8 Å². The Bertz CT molecular complexity index is 546. The Morgan fingerprint density at radius 1 is 1.33 bits per heavy atom. The fourth-order valence-electron chi connectivity index (χ4n) is 2.97. The van der Waals surface area contributed by atoms with Crippen LogP contribution in [0.15, 0.2) is 24.3 Å². The van der Waals surface area contributed by atoms with Gasteiger partial charge in [0, 0.05) is 29.2 Å². The molecule has 2 nitrogen and oxygen atoms in total. The highest BCUT2D eigenvalue weighted by Gasteiger charge is 2.23. The van der Waals surface area contributed by atoms with Gasteiger partial charge in [-0.3, -0.25) is 0 Å². The predicted molar refractivity (Wildman–Crippen MR) is 77.0 cm³/mol. The van der Waals surface area contributed by atoms with Crippen LogP contribution < -0.4 is 5.32 Å². The molecule has 1 heterocycles. The third-order valence-corrected chi connectivity index (χ3v) is 4.55. The fraction of sp³-hybridized carbons (Fsp3) is 0.467. The predicted octanol–water partition coefficient (Wildman–Crippen LogP) is 4.10. The molecule has 2 N–H and O–H groups in total. The first kappa shape index (κ1) is 12.1. The van der Waals surface area contributed by atoms with Gasteiger partial charge in [-0.2, -0.15) is 0 Å². The van der Waals surface area contributed by atoms with Crippen LogP contribution in [-0.2, 0) is 6.54 Å². The molecule has 0 saturated heterocycles. The summed E-state index contributed by atoms with van der Waals surface area (Å²) in [5.74, 6) is 0.785. The standard InChI is InChI=1S/C15H19ClN2/c1-10-5-4-8-12(10)17-9-14-15(16)11-6-2-3-7-13(11)18-14/h2-3,6-7,10,12,17-18H,4-5,8-9H2,1H3. The smallest absolute Gasteiger partial charge is 0.0705 e. The lowest BCUT2D eigenvalue weighted by Crippen LogP contribution is -2.30. The van der Waals surface area contributed by atoms with Crippen molar-refractivity contribution in [1.29, 1.82) is 0 Å².